The van der Waals surface area contributed by atoms with Crippen molar-refractivity contribution in [3.05, 3.63) is 0 Å². The highest BCUT2D eigenvalue weighted by atomic mass is 16.5. The van der Waals surface area contributed by atoms with Gasteiger partial charge in [0.15, 0.2) is 0 Å². The van der Waals surface area contributed by atoms with Crippen molar-refractivity contribution in [1.29, 1.82) is 0 Å². The Morgan fingerprint density at radius 1 is 1.82 bits per heavy atom. The van der Waals surface area contributed by atoms with Crippen LogP contribution in [0.5, 0.6) is 0 Å². The second kappa shape index (κ2) is 3.34. The predicted octanol–water partition coefficient (Wildman–Crippen LogP) is -1.75. The summed E-state index contributed by atoms with van der Waals surface area (Å²) in [4.78, 5) is 21.6. The van der Waals surface area contributed by atoms with Gasteiger partial charge in [-0.3, -0.25) is 9.59 Å². The summed E-state index contributed by atoms with van der Waals surface area (Å²) in [5, 5.41) is 4.91. The maximum atomic E-state index is 10.9. The summed E-state index contributed by atoms with van der Waals surface area (Å²) in [6.45, 7) is 0.304. The van der Waals surface area contributed by atoms with Crippen LogP contribution in [0.15, 0.2) is 0 Å². The van der Waals surface area contributed by atoms with Gasteiger partial charge >= 0.3 is 0 Å². The molecule has 1 unspecified atom stereocenters. The second-order valence-corrected chi connectivity index (χ2v) is 2.25. The van der Waals surface area contributed by atoms with Crippen LogP contribution in [0.1, 0.15) is 0 Å². The van der Waals surface area contributed by atoms with Crippen molar-refractivity contribution in [2.24, 2.45) is 0 Å². The number of ether oxygens (including phenoxy) is 1. The van der Waals surface area contributed by atoms with Crippen molar-refractivity contribution < 1.29 is 14.3 Å². The Balaban J connectivity index is 2.45. The maximum absolute atomic E-state index is 10.9. The molecule has 0 saturated carbocycles. The molecule has 0 aliphatic carbocycles. The molecule has 11 heavy (non-hydrogen) atoms. The van der Waals surface area contributed by atoms with Gasteiger partial charge in [0.05, 0.1) is 6.61 Å². The van der Waals surface area contributed by atoms with E-state index < -0.39 is 6.04 Å². The van der Waals surface area contributed by atoms with E-state index in [4.69, 9.17) is 4.74 Å². The van der Waals surface area contributed by atoms with Gasteiger partial charge in [-0.05, 0) is 0 Å². The number of carbonyl (C=O) groups is 2. The summed E-state index contributed by atoms with van der Waals surface area (Å²) < 4.78 is 4.84. The number of amides is 2. The minimum absolute atomic E-state index is 0.0491. The van der Waals surface area contributed by atoms with Gasteiger partial charge in [0, 0.05) is 7.05 Å². The SMILES string of the molecule is CNC(=O)C1COCC(=O)N1. The van der Waals surface area contributed by atoms with Crippen molar-refractivity contribution in [2.75, 3.05) is 20.3 Å². The molecular weight excluding hydrogens is 148 g/mol. The Labute approximate surface area is 64.1 Å². The Hall–Kier alpha value is -1.10. The Kier molecular flexibility index (Phi) is 2.43. The maximum Gasteiger partial charge on any atom is 0.246 e. The third-order valence-electron chi connectivity index (χ3n) is 1.42. The van der Waals surface area contributed by atoms with E-state index in [1.165, 1.54) is 7.05 Å². The van der Waals surface area contributed by atoms with Gasteiger partial charge in [0.2, 0.25) is 11.8 Å². The zero-order valence-electron chi connectivity index (χ0n) is 6.22. The zero-order valence-corrected chi connectivity index (χ0v) is 6.22. The third-order valence-corrected chi connectivity index (χ3v) is 1.42. The number of likely N-dealkylation sites (N-methyl/N-ethyl adjacent to an activating group) is 1. The number of hydrogen-bond donors (Lipinski definition) is 2. The molecule has 5 nitrogen and oxygen atoms in total. The fourth-order valence-corrected chi connectivity index (χ4v) is 0.863. The van der Waals surface area contributed by atoms with Crippen LogP contribution >= 0.6 is 0 Å². The van der Waals surface area contributed by atoms with Gasteiger partial charge < -0.3 is 15.4 Å². The molecule has 0 radical (unpaired) electrons. The van der Waals surface area contributed by atoms with Crippen LogP contribution in [0.4, 0.5) is 0 Å². The monoisotopic (exact) mass is 158 g/mol. The first-order chi connectivity index (χ1) is 5.24. The summed E-state index contributed by atoms with van der Waals surface area (Å²) in [7, 11) is 1.52. The highest BCUT2D eigenvalue weighted by molar-refractivity contribution is 5.88. The minimum atomic E-state index is -0.527. The van der Waals surface area contributed by atoms with E-state index in [2.05, 4.69) is 10.6 Å². The summed E-state index contributed by atoms with van der Waals surface area (Å²) in [5.74, 6) is -0.470. The lowest BCUT2D eigenvalue weighted by Gasteiger charge is -2.21. The molecule has 5 heteroatoms. The smallest absolute Gasteiger partial charge is 0.246 e. The molecule has 0 aromatic rings. The van der Waals surface area contributed by atoms with Crippen LogP contribution < -0.4 is 10.6 Å². The molecule has 0 aromatic heterocycles. The number of nitrogens with one attached hydrogen (secondary N) is 2. The van der Waals surface area contributed by atoms with Crippen LogP contribution in [0.25, 0.3) is 0 Å². The number of hydrogen-bond acceptors (Lipinski definition) is 3. The van der Waals surface area contributed by atoms with Crippen LogP contribution in [0.3, 0.4) is 0 Å². The van der Waals surface area contributed by atoms with Crippen molar-refractivity contribution in [3.8, 4) is 0 Å². The standard InChI is InChI=1S/C6H10N2O3/c1-7-6(10)4-2-11-3-5(9)8-4/h4H,2-3H2,1H3,(H,7,10)(H,8,9). The molecule has 1 atom stereocenters. The van der Waals surface area contributed by atoms with E-state index >= 15 is 0 Å². The molecule has 1 aliphatic rings. The molecular formula is C6H10N2O3. The van der Waals surface area contributed by atoms with Crippen molar-refractivity contribution in [1.82, 2.24) is 10.6 Å². The van der Waals surface area contributed by atoms with Crippen LogP contribution in [0.2, 0.25) is 0 Å². The predicted molar refractivity (Wildman–Crippen MR) is 36.8 cm³/mol. The molecule has 0 aromatic carbocycles. The lowest BCUT2D eigenvalue weighted by molar-refractivity contribution is -0.138. The fraction of sp³-hybridized carbons (Fsp3) is 0.667. The molecule has 1 fully saturated rings. The quantitative estimate of drug-likeness (QED) is 0.475. The van der Waals surface area contributed by atoms with Gasteiger partial charge in [0.25, 0.3) is 0 Å². The molecule has 0 bridgehead atoms. The van der Waals surface area contributed by atoms with E-state index in [-0.39, 0.29) is 25.0 Å². The lowest BCUT2D eigenvalue weighted by atomic mass is 10.2. The lowest BCUT2D eigenvalue weighted by Crippen LogP contribution is -2.53. The molecule has 1 rings (SSSR count). The summed E-state index contributed by atoms with van der Waals surface area (Å²) in [6.07, 6.45) is 0. The number of rotatable bonds is 1. The van der Waals surface area contributed by atoms with Gasteiger partial charge in [-0.1, -0.05) is 0 Å². The molecule has 2 amide bonds. The molecule has 0 spiro atoms. The molecule has 2 N–H and O–H groups in total. The Bertz CT molecular complexity index is 181. The van der Waals surface area contributed by atoms with Gasteiger partial charge in [-0.15, -0.1) is 0 Å². The first-order valence-corrected chi connectivity index (χ1v) is 3.32. The molecule has 62 valence electrons. The van der Waals surface area contributed by atoms with Gasteiger partial charge in [0.1, 0.15) is 12.6 Å². The van der Waals surface area contributed by atoms with E-state index in [1.54, 1.807) is 0 Å². The highest BCUT2D eigenvalue weighted by Crippen LogP contribution is 1.93. The largest absolute Gasteiger partial charge is 0.369 e. The normalized spacial score (nSPS) is 24.1. The topological polar surface area (TPSA) is 67.4 Å². The summed E-state index contributed by atoms with van der Waals surface area (Å²) >= 11 is 0. The van der Waals surface area contributed by atoms with E-state index in [9.17, 15) is 9.59 Å². The van der Waals surface area contributed by atoms with Crippen LogP contribution in [0, 0.1) is 0 Å². The second-order valence-electron chi connectivity index (χ2n) is 2.25. The minimum Gasteiger partial charge on any atom is -0.369 e. The average Bonchev–Trinajstić information content (AvgIpc) is 2.03. The van der Waals surface area contributed by atoms with Gasteiger partial charge in [-0.2, -0.15) is 0 Å². The van der Waals surface area contributed by atoms with Crippen LogP contribution in [-0.2, 0) is 14.3 Å². The van der Waals surface area contributed by atoms with Gasteiger partial charge in [-0.25, -0.2) is 0 Å². The van der Waals surface area contributed by atoms with Crippen molar-refractivity contribution >= 4 is 11.8 Å². The zero-order chi connectivity index (χ0) is 8.27. The van der Waals surface area contributed by atoms with E-state index in [0.29, 0.717) is 0 Å². The fourth-order valence-electron chi connectivity index (χ4n) is 0.863. The molecule has 1 aliphatic heterocycles. The van der Waals surface area contributed by atoms with Crippen molar-refractivity contribution in [3.63, 3.8) is 0 Å². The highest BCUT2D eigenvalue weighted by Gasteiger charge is 2.23. The Morgan fingerprint density at radius 3 is 3.09 bits per heavy atom. The van der Waals surface area contributed by atoms with E-state index in [0.717, 1.165) is 0 Å². The third kappa shape index (κ3) is 1.91. The average molecular weight is 158 g/mol. The first-order valence-electron chi connectivity index (χ1n) is 3.32. The molecule has 1 heterocycles. The van der Waals surface area contributed by atoms with E-state index in [1.807, 2.05) is 0 Å². The molecule has 1 saturated heterocycles. The first kappa shape index (κ1) is 8.00. The van der Waals surface area contributed by atoms with Crippen molar-refractivity contribution in [2.45, 2.75) is 6.04 Å². The summed E-state index contributed by atoms with van der Waals surface area (Å²) in [6, 6.07) is -0.527. The van der Waals surface area contributed by atoms with Crippen LogP contribution in [-0.4, -0.2) is 38.1 Å². The summed E-state index contributed by atoms with van der Waals surface area (Å²) in [5.41, 5.74) is 0. The number of carbonyl (C=O) groups excluding carboxylic acids is 2. The Morgan fingerprint density at radius 2 is 2.55 bits per heavy atom. The number of morpholine rings is 1.